The van der Waals surface area contributed by atoms with Crippen LogP contribution in [0.4, 0.5) is 15.8 Å². The predicted octanol–water partition coefficient (Wildman–Crippen LogP) is 0.944. The molecule has 1 aliphatic heterocycles. The molecule has 88 valence electrons. The van der Waals surface area contributed by atoms with Gasteiger partial charge in [0.05, 0.1) is 5.69 Å². The minimum atomic E-state index is -1.93. The molecule has 0 spiro atoms. The van der Waals surface area contributed by atoms with Crippen molar-refractivity contribution in [2.45, 2.75) is 0 Å². The molecule has 1 saturated heterocycles. The van der Waals surface area contributed by atoms with Crippen LogP contribution in [-0.4, -0.2) is 34.7 Å². The Kier molecular flexibility index (Phi) is 2.80. The van der Waals surface area contributed by atoms with Crippen molar-refractivity contribution in [3.63, 3.8) is 0 Å². The first kappa shape index (κ1) is 11.3. The van der Waals surface area contributed by atoms with Gasteiger partial charge in [0.2, 0.25) is 0 Å². The average molecular weight is 242 g/mol. The standard InChI is InChI=1S/C11H15FN2OS/c1-16(15)6-4-14(5-7-16)11-3-2-9(13)8-10(11)12/h2-3,8H,1,4-7,13H2. The third kappa shape index (κ3) is 2.29. The molecule has 0 atom stereocenters. The van der Waals surface area contributed by atoms with E-state index < -0.39 is 9.52 Å². The topological polar surface area (TPSA) is 46.3 Å². The Morgan fingerprint density at radius 2 is 2.00 bits per heavy atom. The average Bonchev–Trinajstić information content (AvgIpc) is 2.19. The van der Waals surface area contributed by atoms with Gasteiger partial charge in [0.25, 0.3) is 0 Å². The summed E-state index contributed by atoms with van der Waals surface area (Å²) in [5.41, 5.74) is 6.43. The molecule has 0 aromatic heterocycles. The molecule has 3 nitrogen and oxygen atoms in total. The van der Waals surface area contributed by atoms with E-state index in [0.717, 1.165) is 0 Å². The Hall–Kier alpha value is -1.23. The fourth-order valence-electron chi connectivity index (χ4n) is 1.79. The molecule has 0 amide bonds. The van der Waals surface area contributed by atoms with E-state index in [2.05, 4.69) is 5.87 Å². The maximum absolute atomic E-state index is 13.6. The molecule has 0 bridgehead atoms. The minimum absolute atomic E-state index is 0.322. The van der Waals surface area contributed by atoms with Crippen molar-refractivity contribution >= 4 is 26.8 Å². The van der Waals surface area contributed by atoms with Gasteiger partial charge in [-0.15, -0.1) is 0 Å². The summed E-state index contributed by atoms with van der Waals surface area (Å²) in [7, 11) is -1.93. The van der Waals surface area contributed by atoms with Gasteiger partial charge in [-0.1, -0.05) is 0 Å². The van der Waals surface area contributed by atoms with E-state index in [0.29, 0.717) is 36.0 Å². The zero-order valence-corrected chi connectivity index (χ0v) is 9.80. The van der Waals surface area contributed by atoms with Gasteiger partial charge < -0.3 is 10.6 Å². The van der Waals surface area contributed by atoms with Crippen LogP contribution in [0.2, 0.25) is 0 Å². The molecule has 0 saturated carbocycles. The summed E-state index contributed by atoms with van der Waals surface area (Å²) in [5.74, 6) is 4.41. The van der Waals surface area contributed by atoms with E-state index in [4.69, 9.17) is 5.73 Å². The van der Waals surface area contributed by atoms with Gasteiger partial charge in [0.1, 0.15) is 5.82 Å². The smallest absolute Gasteiger partial charge is 0.148 e. The second-order valence-corrected chi connectivity index (χ2v) is 6.82. The fraction of sp³-hybridized carbons (Fsp3) is 0.364. The number of benzene rings is 1. The third-order valence-corrected chi connectivity index (χ3v) is 4.63. The van der Waals surface area contributed by atoms with Gasteiger partial charge in [-0.3, -0.25) is 4.21 Å². The van der Waals surface area contributed by atoms with Crippen molar-refractivity contribution < 1.29 is 8.60 Å². The number of nitrogens with two attached hydrogens (primary N) is 1. The minimum Gasteiger partial charge on any atom is -0.399 e. The molecular weight excluding hydrogens is 227 g/mol. The summed E-state index contributed by atoms with van der Waals surface area (Å²) >= 11 is 0. The largest absolute Gasteiger partial charge is 0.399 e. The fourth-order valence-corrected chi connectivity index (χ4v) is 3.10. The maximum Gasteiger partial charge on any atom is 0.148 e. The summed E-state index contributed by atoms with van der Waals surface area (Å²) in [4.78, 5) is 1.89. The van der Waals surface area contributed by atoms with Crippen LogP contribution in [0.15, 0.2) is 18.2 Å². The molecule has 2 rings (SSSR count). The second kappa shape index (κ2) is 3.97. The lowest BCUT2D eigenvalue weighted by Gasteiger charge is -2.31. The summed E-state index contributed by atoms with van der Waals surface area (Å²) < 4.78 is 25.3. The van der Waals surface area contributed by atoms with Crippen LogP contribution in [0.1, 0.15) is 0 Å². The quantitative estimate of drug-likeness (QED) is 0.589. The number of nitrogen functional groups attached to an aromatic ring is 1. The first-order chi connectivity index (χ1) is 7.48. The zero-order valence-electron chi connectivity index (χ0n) is 8.99. The molecule has 16 heavy (non-hydrogen) atoms. The number of hydrogen-bond acceptors (Lipinski definition) is 3. The number of nitrogens with zero attached hydrogens (tertiary/aromatic N) is 1. The lowest BCUT2D eigenvalue weighted by Crippen LogP contribution is -2.40. The van der Waals surface area contributed by atoms with E-state index >= 15 is 0 Å². The molecule has 1 aromatic rings. The van der Waals surface area contributed by atoms with Crippen molar-refractivity contribution in [2.24, 2.45) is 0 Å². The molecule has 1 fully saturated rings. The highest BCUT2D eigenvalue weighted by molar-refractivity contribution is 8.00. The van der Waals surface area contributed by atoms with Crippen LogP contribution in [0.25, 0.3) is 0 Å². The van der Waals surface area contributed by atoms with Crippen LogP contribution in [-0.2, 0) is 9.52 Å². The van der Waals surface area contributed by atoms with E-state index in [9.17, 15) is 8.60 Å². The van der Waals surface area contributed by atoms with Crippen LogP contribution in [0.5, 0.6) is 0 Å². The van der Waals surface area contributed by atoms with Crippen molar-refractivity contribution in [1.29, 1.82) is 0 Å². The SMILES string of the molecule is C=S1(=O)CCN(c2ccc(N)cc2F)CC1. The molecule has 1 heterocycles. The van der Waals surface area contributed by atoms with E-state index in [1.54, 1.807) is 12.1 Å². The predicted molar refractivity (Wildman–Crippen MR) is 68.0 cm³/mol. The van der Waals surface area contributed by atoms with Gasteiger partial charge in [-0.25, -0.2) is 4.39 Å². The number of rotatable bonds is 1. The molecule has 2 N–H and O–H groups in total. The third-order valence-electron chi connectivity index (χ3n) is 2.78. The lowest BCUT2D eigenvalue weighted by molar-refractivity contribution is 0.617. The normalized spacial score (nSPS) is 19.7. The van der Waals surface area contributed by atoms with Crippen molar-refractivity contribution in [1.82, 2.24) is 0 Å². The second-order valence-electron chi connectivity index (χ2n) is 4.07. The monoisotopic (exact) mass is 242 g/mol. The van der Waals surface area contributed by atoms with Crippen molar-refractivity contribution in [3.05, 3.63) is 24.0 Å². The van der Waals surface area contributed by atoms with E-state index in [-0.39, 0.29) is 5.82 Å². The Morgan fingerprint density at radius 1 is 1.38 bits per heavy atom. The lowest BCUT2D eigenvalue weighted by atomic mass is 10.2. The Morgan fingerprint density at radius 3 is 2.56 bits per heavy atom. The zero-order chi connectivity index (χ0) is 11.8. The molecule has 1 aromatic carbocycles. The summed E-state index contributed by atoms with van der Waals surface area (Å²) in [6.45, 7) is 1.17. The number of anilines is 2. The van der Waals surface area contributed by atoms with Gasteiger partial charge in [-0.05, 0) is 33.6 Å². The Labute approximate surface area is 95.1 Å². The van der Waals surface area contributed by atoms with Crippen molar-refractivity contribution in [2.75, 3.05) is 35.2 Å². The molecule has 0 radical (unpaired) electrons. The maximum atomic E-state index is 13.6. The number of halogens is 1. The molecule has 5 heteroatoms. The molecule has 0 aliphatic carbocycles. The van der Waals surface area contributed by atoms with Gasteiger partial charge in [-0.2, -0.15) is 0 Å². The summed E-state index contributed by atoms with van der Waals surface area (Å²) in [6, 6.07) is 4.65. The summed E-state index contributed by atoms with van der Waals surface area (Å²) in [6.07, 6.45) is 0. The first-order valence-corrected chi connectivity index (χ1v) is 7.17. The molecule has 0 unspecified atom stereocenters. The van der Waals surface area contributed by atoms with Gasteiger partial charge in [0.15, 0.2) is 0 Å². The van der Waals surface area contributed by atoms with Gasteiger partial charge in [0, 0.05) is 30.3 Å². The highest BCUT2D eigenvalue weighted by Crippen LogP contribution is 2.23. The van der Waals surface area contributed by atoms with Crippen molar-refractivity contribution in [3.8, 4) is 0 Å². The Balaban J connectivity index is 2.20. The molecule has 1 aliphatic rings. The van der Waals surface area contributed by atoms with Crippen LogP contribution in [0, 0.1) is 5.82 Å². The van der Waals surface area contributed by atoms with Crippen LogP contribution >= 0.6 is 0 Å². The highest BCUT2D eigenvalue weighted by atomic mass is 32.2. The highest BCUT2D eigenvalue weighted by Gasteiger charge is 2.19. The first-order valence-electron chi connectivity index (χ1n) is 5.10. The Bertz CT molecular complexity index is 485. The number of hydrogen-bond donors (Lipinski definition) is 1. The van der Waals surface area contributed by atoms with Crippen LogP contribution < -0.4 is 10.6 Å². The molecular formula is C11H15FN2OS. The van der Waals surface area contributed by atoms with Crippen LogP contribution in [0.3, 0.4) is 0 Å². The van der Waals surface area contributed by atoms with E-state index in [1.165, 1.54) is 6.07 Å². The van der Waals surface area contributed by atoms with Gasteiger partial charge >= 0.3 is 0 Å². The summed E-state index contributed by atoms with van der Waals surface area (Å²) in [5, 5.41) is 0. The van der Waals surface area contributed by atoms with E-state index in [1.807, 2.05) is 4.90 Å².